The van der Waals surface area contributed by atoms with E-state index in [1.165, 1.54) is 36.1 Å². The van der Waals surface area contributed by atoms with E-state index in [-0.39, 0.29) is 0 Å². The van der Waals surface area contributed by atoms with Crippen LogP contribution in [0.3, 0.4) is 0 Å². The minimum absolute atomic E-state index is 0.397. The van der Waals surface area contributed by atoms with Crippen molar-refractivity contribution in [3.63, 3.8) is 0 Å². The Bertz CT molecular complexity index is 930. The summed E-state index contributed by atoms with van der Waals surface area (Å²) in [6.45, 7) is 0. The first-order chi connectivity index (χ1) is 10.2. The molecule has 1 fully saturated rings. The molecule has 3 aromatic rings. The van der Waals surface area contributed by atoms with E-state index >= 15 is 0 Å². The van der Waals surface area contributed by atoms with E-state index in [9.17, 15) is 9.59 Å². The quantitative estimate of drug-likeness (QED) is 0.776. The zero-order chi connectivity index (χ0) is 14.4. The van der Waals surface area contributed by atoms with Crippen LogP contribution in [-0.2, 0) is 0 Å². The molecular formula is C15H14N4O2. The van der Waals surface area contributed by atoms with Gasteiger partial charge in [-0.15, -0.1) is 0 Å². The molecule has 106 valence electrons. The van der Waals surface area contributed by atoms with Gasteiger partial charge in [-0.1, -0.05) is 0 Å². The number of nitrogens with one attached hydrogen (secondary N) is 1. The number of rotatable bonds is 2. The molecule has 0 unspecified atom stereocenters. The molecule has 2 aromatic heterocycles. The van der Waals surface area contributed by atoms with Gasteiger partial charge in [0, 0.05) is 18.3 Å². The van der Waals surface area contributed by atoms with E-state index in [0.29, 0.717) is 11.7 Å². The zero-order valence-electron chi connectivity index (χ0n) is 11.3. The van der Waals surface area contributed by atoms with Crippen molar-refractivity contribution in [3.8, 4) is 5.69 Å². The van der Waals surface area contributed by atoms with Gasteiger partial charge in [-0.05, 0) is 37.5 Å². The van der Waals surface area contributed by atoms with Crippen LogP contribution in [0.4, 0.5) is 0 Å². The van der Waals surface area contributed by atoms with E-state index in [1.54, 1.807) is 0 Å². The highest BCUT2D eigenvalue weighted by molar-refractivity contribution is 5.78. The van der Waals surface area contributed by atoms with E-state index < -0.39 is 11.2 Å². The number of aromatic nitrogens is 4. The lowest BCUT2D eigenvalue weighted by atomic mass is 9.93. The summed E-state index contributed by atoms with van der Waals surface area (Å²) in [5, 5.41) is 0. The highest BCUT2D eigenvalue weighted by Crippen LogP contribution is 2.34. The van der Waals surface area contributed by atoms with Gasteiger partial charge in [-0.2, -0.15) is 0 Å². The van der Waals surface area contributed by atoms with Crippen molar-refractivity contribution >= 4 is 11.0 Å². The zero-order valence-corrected chi connectivity index (χ0v) is 11.3. The van der Waals surface area contributed by atoms with Crippen molar-refractivity contribution in [1.29, 1.82) is 0 Å². The smallest absolute Gasteiger partial charge is 0.327 e. The maximum absolute atomic E-state index is 11.8. The first-order valence-corrected chi connectivity index (χ1v) is 7.01. The van der Waals surface area contributed by atoms with Crippen LogP contribution in [0, 0.1) is 0 Å². The van der Waals surface area contributed by atoms with Gasteiger partial charge in [-0.3, -0.25) is 14.3 Å². The Balaban J connectivity index is 1.84. The topological polar surface area (TPSA) is 72.7 Å². The Kier molecular flexibility index (Phi) is 2.57. The predicted molar refractivity (Wildman–Crippen MR) is 78.8 cm³/mol. The number of fused-ring (bicyclic) bond motifs is 1. The summed E-state index contributed by atoms with van der Waals surface area (Å²) in [6, 6.07) is 7.60. The minimum atomic E-state index is -0.444. The van der Waals surface area contributed by atoms with Crippen molar-refractivity contribution in [2.75, 3.05) is 0 Å². The fraction of sp³-hybridized carbons (Fsp3) is 0.267. The number of aromatic amines is 1. The number of H-pyrrole nitrogens is 1. The Morgan fingerprint density at radius 1 is 1.19 bits per heavy atom. The van der Waals surface area contributed by atoms with Crippen LogP contribution in [-0.4, -0.2) is 19.1 Å². The van der Waals surface area contributed by atoms with Crippen molar-refractivity contribution in [3.05, 3.63) is 57.6 Å². The third-order valence-electron chi connectivity index (χ3n) is 4.13. The highest BCUT2D eigenvalue weighted by Gasteiger charge is 2.20. The van der Waals surface area contributed by atoms with E-state index in [1.807, 2.05) is 24.5 Å². The van der Waals surface area contributed by atoms with Gasteiger partial charge in [0.2, 0.25) is 0 Å². The first kappa shape index (κ1) is 12.1. The number of hydrogen-bond acceptors (Lipinski definition) is 3. The van der Waals surface area contributed by atoms with Crippen LogP contribution in [0.15, 0.2) is 46.4 Å². The summed E-state index contributed by atoms with van der Waals surface area (Å²) in [7, 11) is 0. The summed E-state index contributed by atoms with van der Waals surface area (Å²) in [5.74, 6) is 0. The summed E-state index contributed by atoms with van der Waals surface area (Å²) >= 11 is 0. The van der Waals surface area contributed by atoms with Gasteiger partial charge >= 0.3 is 5.69 Å². The Hall–Kier alpha value is -2.63. The van der Waals surface area contributed by atoms with Gasteiger partial charge in [0.1, 0.15) is 0 Å². The summed E-state index contributed by atoms with van der Waals surface area (Å²) in [6.07, 6.45) is 7.02. The SMILES string of the molecule is O=c1ccn(-c2ccc3c(c2)ncn3C2CCC2)c(=O)[nH]1. The molecule has 1 N–H and O–H groups in total. The average molecular weight is 282 g/mol. The van der Waals surface area contributed by atoms with Gasteiger partial charge in [0.25, 0.3) is 5.56 Å². The fourth-order valence-corrected chi connectivity index (χ4v) is 2.75. The molecule has 0 radical (unpaired) electrons. The van der Waals surface area contributed by atoms with E-state index in [0.717, 1.165) is 11.0 Å². The van der Waals surface area contributed by atoms with Crippen LogP contribution in [0.1, 0.15) is 25.3 Å². The predicted octanol–water partition coefficient (Wildman–Crippen LogP) is 1.60. The molecule has 6 heteroatoms. The standard InChI is InChI=1S/C15H14N4O2/c20-14-6-7-18(15(21)17-14)11-4-5-13-12(8-11)16-9-19(13)10-2-1-3-10/h4-10H,1-3H2,(H,17,20,21). The van der Waals surface area contributed by atoms with Gasteiger partial charge in [0.15, 0.2) is 0 Å². The van der Waals surface area contributed by atoms with E-state index in [4.69, 9.17) is 0 Å². The molecule has 6 nitrogen and oxygen atoms in total. The van der Waals surface area contributed by atoms with Crippen molar-refractivity contribution in [1.82, 2.24) is 19.1 Å². The molecule has 0 saturated heterocycles. The first-order valence-electron chi connectivity index (χ1n) is 7.01. The maximum atomic E-state index is 11.8. The summed E-state index contributed by atoms with van der Waals surface area (Å²) in [5.41, 5.74) is 1.80. The Labute approximate surface area is 119 Å². The Morgan fingerprint density at radius 3 is 2.76 bits per heavy atom. The molecule has 0 amide bonds. The fourth-order valence-electron chi connectivity index (χ4n) is 2.75. The van der Waals surface area contributed by atoms with Gasteiger partial charge < -0.3 is 4.57 Å². The molecule has 4 rings (SSSR count). The second-order valence-corrected chi connectivity index (χ2v) is 5.39. The second kappa shape index (κ2) is 4.44. The lowest BCUT2D eigenvalue weighted by Gasteiger charge is -2.27. The third-order valence-corrected chi connectivity index (χ3v) is 4.13. The minimum Gasteiger partial charge on any atom is -0.327 e. The molecular weight excluding hydrogens is 268 g/mol. The molecule has 1 aliphatic carbocycles. The molecule has 2 heterocycles. The Morgan fingerprint density at radius 2 is 2.05 bits per heavy atom. The molecule has 0 spiro atoms. The number of hydrogen-bond donors (Lipinski definition) is 1. The van der Waals surface area contributed by atoms with Crippen molar-refractivity contribution in [2.24, 2.45) is 0 Å². The van der Waals surface area contributed by atoms with Crippen LogP contribution in [0.25, 0.3) is 16.7 Å². The van der Waals surface area contributed by atoms with Crippen LogP contribution >= 0.6 is 0 Å². The molecule has 21 heavy (non-hydrogen) atoms. The highest BCUT2D eigenvalue weighted by atomic mass is 16.2. The van der Waals surface area contributed by atoms with Crippen molar-refractivity contribution < 1.29 is 0 Å². The molecule has 1 aliphatic rings. The maximum Gasteiger partial charge on any atom is 0.332 e. The normalized spacial score (nSPS) is 15.2. The largest absolute Gasteiger partial charge is 0.332 e. The van der Waals surface area contributed by atoms with Gasteiger partial charge in [0.05, 0.1) is 23.0 Å². The number of benzene rings is 1. The van der Waals surface area contributed by atoms with Crippen LogP contribution in [0.5, 0.6) is 0 Å². The van der Waals surface area contributed by atoms with Crippen LogP contribution < -0.4 is 11.2 Å². The molecule has 1 aromatic carbocycles. The summed E-state index contributed by atoms with van der Waals surface area (Å²) < 4.78 is 3.61. The molecule has 0 aliphatic heterocycles. The summed E-state index contributed by atoms with van der Waals surface area (Å²) in [4.78, 5) is 29.6. The third kappa shape index (κ3) is 1.91. The lowest BCUT2D eigenvalue weighted by molar-refractivity contribution is 0.320. The second-order valence-electron chi connectivity index (χ2n) is 5.39. The average Bonchev–Trinajstić information content (AvgIpc) is 2.80. The van der Waals surface area contributed by atoms with Crippen LogP contribution in [0.2, 0.25) is 0 Å². The van der Waals surface area contributed by atoms with Gasteiger partial charge in [-0.25, -0.2) is 9.78 Å². The molecule has 0 atom stereocenters. The number of imidazole rings is 1. The lowest BCUT2D eigenvalue weighted by Crippen LogP contribution is -2.27. The molecule has 0 bridgehead atoms. The molecule has 1 saturated carbocycles. The van der Waals surface area contributed by atoms with Crippen molar-refractivity contribution in [2.45, 2.75) is 25.3 Å². The monoisotopic (exact) mass is 282 g/mol. The van der Waals surface area contributed by atoms with E-state index in [2.05, 4.69) is 14.5 Å². The number of nitrogens with zero attached hydrogens (tertiary/aromatic N) is 3.